The molecule has 0 aromatic heterocycles. The summed E-state index contributed by atoms with van der Waals surface area (Å²) >= 11 is 0. The lowest BCUT2D eigenvalue weighted by molar-refractivity contribution is -0.120. The van der Waals surface area contributed by atoms with Crippen LogP contribution in [0.15, 0.2) is 54.2 Å². The minimum absolute atomic E-state index is 0.0487. The number of hydrogen-bond donors (Lipinski definition) is 2. The number of rotatable bonds is 4. The number of hydrogen-bond acceptors (Lipinski definition) is 2. The van der Waals surface area contributed by atoms with Crippen LogP contribution in [0.4, 0.5) is 14.5 Å². The van der Waals surface area contributed by atoms with Gasteiger partial charge in [-0.3, -0.25) is 9.59 Å². The van der Waals surface area contributed by atoms with Crippen molar-refractivity contribution in [3.05, 3.63) is 71.4 Å². The Kier molecular flexibility index (Phi) is 5.19. The van der Waals surface area contributed by atoms with Gasteiger partial charge < -0.3 is 10.6 Å². The summed E-state index contributed by atoms with van der Waals surface area (Å²) in [5, 5.41) is 4.69. The monoisotopic (exact) mass is 316 g/mol. The van der Waals surface area contributed by atoms with Gasteiger partial charge in [0, 0.05) is 13.0 Å². The van der Waals surface area contributed by atoms with Crippen LogP contribution in [0.3, 0.4) is 0 Å². The van der Waals surface area contributed by atoms with Crippen molar-refractivity contribution in [2.24, 2.45) is 0 Å². The van der Waals surface area contributed by atoms with E-state index >= 15 is 0 Å². The van der Waals surface area contributed by atoms with Crippen LogP contribution in [0.25, 0.3) is 6.08 Å². The zero-order chi connectivity index (χ0) is 16.8. The van der Waals surface area contributed by atoms with Crippen molar-refractivity contribution in [2.45, 2.75) is 6.92 Å². The molecule has 23 heavy (non-hydrogen) atoms. The zero-order valence-electron chi connectivity index (χ0n) is 12.3. The molecule has 2 aromatic rings. The average Bonchev–Trinajstić information content (AvgIpc) is 2.50. The molecule has 0 aliphatic rings. The molecule has 118 valence electrons. The summed E-state index contributed by atoms with van der Waals surface area (Å²) in [6.45, 7) is 1.25. The first-order valence-electron chi connectivity index (χ1n) is 6.76. The maximum atomic E-state index is 13.6. The van der Waals surface area contributed by atoms with Gasteiger partial charge in [0.1, 0.15) is 17.3 Å². The van der Waals surface area contributed by atoms with Crippen LogP contribution in [0, 0.1) is 11.6 Å². The van der Waals surface area contributed by atoms with E-state index in [9.17, 15) is 18.4 Å². The van der Waals surface area contributed by atoms with Crippen LogP contribution in [0.1, 0.15) is 12.5 Å². The second-order valence-corrected chi connectivity index (χ2v) is 4.73. The Labute approximate surface area is 131 Å². The molecule has 0 spiro atoms. The van der Waals surface area contributed by atoms with Crippen LogP contribution >= 0.6 is 0 Å². The molecule has 0 saturated heterocycles. The summed E-state index contributed by atoms with van der Waals surface area (Å²) in [4.78, 5) is 23.5. The molecule has 4 nitrogen and oxygen atoms in total. The maximum Gasteiger partial charge on any atom is 0.272 e. The van der Waals surface area contributed by atoms with E-state index in [-0.39, 0.29) is 11.4 Å². The van der Waals surface area contributed by atoms with Crippen molar-refractivity contribution < 1.29 is 18.4 Å². The van der Waals surface area contributed by atoms with Crippen molar-refractivity contribution >= 4 is 23.6 Å². The largest absolute Gasteiger partial charge is 0.322 e. The van der Waals surface area contributed by atoms with E-state index in [0.717, 1.165) is 12.1 Å². The second kappa shape index (κ2) is 7.31. The van der Waals surface area contributed by atoms with Crippen molar-refractivity contribution in [1.82, 2.24) is 5.32 Å². The Hall–Kier alpha value is -3.02. The van der Waals surface area contributed by atoms with Crippen LogP contribution in [0.2, 0.25) is 0 Å². The maximum absolute atomic E-state index is 13.6. The van der Waals surface area contributed by atoms with E-state index in [0.29, 0.717) is 11.6 Å². The lowest BCUT2D eigenvalue weighted by atomic mass is 10.2. The van der Waals surface area contributed by atoms with Gasteiger partial charge in [0.25, 0.3) is 5.91 Å². The molecule has 2 rings (SSSR count). The summed E-state index contributed by atoms with van der Waals surface area (Å²) < 4.78 is 26.5. The van der Waals surface area contributed by atoms with Crippen LogP contribution in [-0.2, 0) is 9.59 Å². The molecule has 0 unspecified atom stereocenters. The number of nitrogens with one attached hydrogen (secondary N) is 2. The Morgan fingerprint density at radius 3 is 2.35 bits per heavy atom. The third-order valence-electron chi connectivity index (χ3n) is 2.85. The molecule has 2 N–H and O–H groups in total. The highest BCUT2D eigenvalue weighted by Crippen LogP contribution is 2.16. The number of benzene rings is 2. The van der Waals surface area contributed by atoms with Gasteiger partial charge in [-0.25, -0.2) is 8.78 Å². The Morgan fingerprint density at radius 2 is 1.74 bits per heavy atom. The first-order valence-corrected chi connectivity index (χ1v) is 6.76. The van der Waals surface area contributed by atoms with Gasteiger partial charge in [0.15, 0.2) is 0 Å². The molecule has 0 aliphatic heterocycles. The van der Waals surface area contributed by atoms with Gasteiger partial charge in [0.05, 0.1) is 5.69 Å². The summed E-state index contributed by atoms with van der Waals surface area (Å²) in [6, 6.07) is 11.6. The highest BCUT2D eigenvalue weighted by Gasteiger charge is 2.14. The smallest absolute Gasteiger partial charge is 0.272 e. The van der Waals surface area contributed by atoms with Crippen molar-refractivity contribution in [3.8, 4) is 0 Å². The molecule has 0 radical (unpaired) electrons. The number of carbonyl (C=O) groups excluding carboxylic acids is 2. The second-order valence-electron chi connectivity index (χ2n) is 4.73. The molecule has 6 heteroatoms. The first kappa shape index (κ1) is 16.4. The number of halogens is 2. The third-order valence-corrected chi connectivity index (χ3v) is 2.85. The number of carbonyl (C=O) groups is 2. The fourth-order valence-electron chi connectivity index (χ4n) is 1.84. The van der Waals surface area contributed by atoms with Gasteiger partial charge >= 0.3 is 0 Å². The highest BCUT2D eigenvalue weighted by molar-refractivity contribution is 6.08. The topological polar surface area (TPSA) is 58.2 Å². The average molecular weight is 316 g/mol. The molecule has 0 heterocycles. The third kappa shape index (κ3) is 4.74. The van der Waals surface area contributed by atoms with Crippen LogP contribution < -0.4 is 10.6 Å². The van der Waals surface area contributed by atoms with E-state index in [4.69, 9.17) is 0 Å². The van der Waals surface area contributed by atoms with Crippen LogP contribution in [0.5, 0.6) is 0 Å². The number of anilines is 1. The van der Waals surface area contributed by atoms with E-state index in [1.165, 1.54) is 13.0 Å². The molecule has 2 amide bonds. The Morgan fingerprint density at radius 1 is 1.04 bits per heavy atom. The van der Waals surface area contributed by atoms with E-state index in [1.54, 1.807) is 24.3 Å². The van der Waals surface area contributed by atoms with Gasteiger partial charge in [0.2, 0.25) is 5.91 Å². The van der Waals surface area contributed by atoms with Crippen molar-refractivity contribution in [2.75, 3.05) is 5.32 Å². The Balaban J connectivity index is 2.26. The molecule has 0 aliphatic carbocycles. The summed E-state index contributed by atoms with van der Waals surface area (Å²) in [5.74, 6) is -2.81. The molecule has 0 atom stereocenters. The molecular weight excluding hydrogens is 302 g/mol. The minimum atomic E-state index is -0.903. The van der Waals surface area contributed by atoms with Gasteiger partial charge in [-0.1, -0.05) is 30.3 Å². The summed E-state index contributed by atoms with van der Waals surface area (Å²) in [5.41, 5.74) is 0.458. The standard InChI is InChI=1S/C17H14F2N2O2/c1-11(22)20-16(9-12-5-3-2-4-6-12)17(23)21-15-8-7-13(18)10-14(15)19/h2-10H,1H3,(H,20,22)(H,21,23)/b16-9+. The van der Waals surface area contributed by atoms with E-state index in [2.05, 4.69) is 10.6 Å². The van der Waals surface area contributed by atoms with Gasteiger partial charge in [-0.15, -0.1) is 0 Å². The van der Waals surface area contributed by atoms with E-state index < -0.39 is 23.4 Å². The first-order chi connectivity index (χ1) is 11.0. The highest BCUT2D eigenvalue weighted by atomic mass is 19.1. The molecule has 0 bridgehead atoms. The fraction of sp³-hybridized carbons (Fsp3) is 0.0588. The zero-order valence-corrected chi connectivity index (χ0v) is 12.3. The molecule has 0 saturated carbocycles. The van der Waals surface area contributed by atoms with E-state index in [1.807, 2.05) is 6.07 Å². The Bertz CT molecular complexity index is 758. The molecule has 0 fully saturated rings. The minimum Gasteiger partial charge on any atom is -0.322 e. The SMILES string of the molecule is CC(=O)N/C(=C/c1ccccc1)C(=O)Nc1ccc(F)cc1F. The fourth-order valence-corrected chi connectivity index (χ4v) is 1.84. The predicted octanol–water partition coefficient (Wildman–Crippen LogP) is 3.08. The summed E-state index contributed by atoms with van der Waals surface area (Å²) in [6.07, 6.45) is 1.46. The number of amides is 2. The molecular formula is C17H14F2N2O2. The van der Waals surface area contributed by atoms with Crippen molar-refractivity contribution in [1.29, 1.82) is 0 Å². The summed E-state index contributed by atoms with van der Waals surface area (Å²) in [7, 11) is 0. The lowest BCUT2D eigenvalue weighted by Gasteiger charge is -2.10. The normalized spacial score (nSPS) is 11.0. The van der Waals surface area contributed by atoms with Crippen molar-refractivity contribution in [3.63, 3.8) is 0 Å². The van der Waals surface area contributed by atoms with Gasteiger partial charge in [-0.05, 0) is 23.8 Å². The quantitative estimate of drug-likeness (QED) is 0.852. The molecule has 2 aromatic carbocycles. The predicted molar refractivity (Wildman–Crippen MR) is 83.2 cm³/mol. The van der Waals surface area contributed by atoms with Gasteiger partial charge in [-0.2, -0.15) is 0 Å². The van der Waals surface area contributed by atoms with Crippen LogP contribution in [-0.4, -0.2) is 11.8 Å². The lowest BCUT2D eigenvalue weighted by Crippen LogP contribution is -2.29.